The van der Waals surface area contributed by atoms with Crippen molar-refractivity contribution in [1.82, 2.24) is 0 Å². The van der Waals surface area contributed by atoms with Crippen molar-refractivity contribution in [1.29, 1.82) is 5.26 Å². The van der Waals surface area contributed by atoms with Crippen molar-refractivity contribution < 1.29 is 4.92 Å². The van der Waals surface area contributed by atoms with Crippen molar-refractivity contribution in [2.75, 3.05) is 5.32 Å². The summed E-state index contributed by atoms with van der Waals surface area (Å²) < 4.78 is 0.750. The van der Waals surface area contributed by atoms with Crippen molar-refractivity contribution in [2.45, 2.75) is 0 Å². The number of nitrogens with one attached hydrogen (secondary N) is 1. The lowest BCUT2D eigenvalue weighted by Gasteiger charge is -2.09. The SMILES string of the molecule is N#Cc1cc(Br)ccc1Nc1cccc(Cl)c1[N+](=O)[O-]. The highest BCUT2D eigenvalue weighted by Gasteiger charge is 2.19. The van der Waals surface area contributed by atoms with E-state index >= 15 is 0 Å². The fourth-order valence-corrected chi connectivity index (χ4v) is 2.27. The zero-order valence-corrected chi connectivity index (χ0v) is 12.3. The van der Waals surface area contributed by atoms with Gasteiger partial charge in [-0.25, -0.2) is 0 Å². The maximum Gasteiger partial charge on any atom is 0.311 e. The monoisotopic (exact) mass is 351 g/mol. The molecule has 2 aromatic carbocycles. The van der Waals surface area contributed by atoms with E-state index < -0.39 is 4.92 Å². The first-order chi connectivity index (χ1) is 9.52. The minimum Gasteiger partial charge on any atom is -0.349 e. The highest BCUT2D eigenvalue weighted by Crippen LogP contribution is 2.35. The first-order valence-corrected chi connectivity index (χ1v) is 6.59. The van der Waals surface area contributed by atoms with Gasteiger partial charge in [-0.05, 0) is 30.3 Å². The maximum atomic E-state index is 11.0. The normalized spacial score (nSPS) is 9.85. The molecule has 0 amide bonds. The minimum atomic E-state index is -0.560. The van der Waals surface area contributed by atoms with Crippen LogP contribution >= 0.6 is 27.5 Å². The molecule has 0 fully saturated rings. The number of hydrogen-bond acceptors (Lipinski definition) is 4. The Morgan fingerprint density at radius 2 is 2.05 bits per heavy atom. The second kappa shape index (κ2) is 5.90. The Bertz CT molecular complexity index is 728. The van der Waals surface area contributed by atoms with Crippen LogP contribution in [0, 0.1) is 21.4 Å². The smallest absolute Gasteiger partial charge is 0.311 e. The number of rotatable bonds is 3. The molecule has 0 aliphatic heterocycles. The molecule has 1 N–H and O–H groups in total. The van der Waals surface area contributed by atoms with Gasteiger partial charge in [-0.2, -0.15) is 5.26 Å². The average Bonchev–Trinajstić information content (AvgIpc) is 2.40. The molecule has 0 aliphatic rings. The van der Waals surface area contributed by atoms with E-state index in [0.717, 1.165) is 4.47 Å². The van der Waals surface area contributed by atoms with Crippen molar-refractivity contribution in [3.63, 3.8) is 0 Å². The molecule has 0 radical (unpaired) electrons. The van der Waals surface area contributed by atoms with Crippen molar-refractivity contribution in [2.24, 2.45) is 0 Å². The number of para-hydroxylation sites is 1. The van der Waals surface area contributed by atoms with Crippen LogP contribution in [0.1, 0.15) is 5.56 Å². The van der Waals surface area contributed by atoms with Gasteiger partial charge < -0.3 is 5.32 Å². The molecule has 20 heavy (non-hydrogen) atoms. The van der Waals surface area contributed by atoms with E-state index in [4.69, 9.17) is 16.9 Å². The number of hydrogen-bond donors (Lipinski definition) is 1. The van der Waals surface area contributed by atoms with Gasteiger partial charge in [0.1, 0.15) is 16.8 Å². The van der Waals surface area contributed by atoms with Crippen LogP contribution in [0.3, 0.4) is 0 Å². The van der Waals surface area contributed by atoms with Gasteiger partial charge in [0.05, 0.1) is 16.2 Å². The number of nitro groups is 1. The molecule has 0 saturated heterocycles. The van der Waals surface area contributed by atoms with Gasteiger partial charge in [0, 0.05) is 4.47 Å². The number of nitro benzene ring substituents is 1. The second-order valence-corrected chi connectivity index (χ2v) is 5.14. The van der Waals surface area contributed by atoms with E-state index in [9.17, 15) is 10.1 Å². The first kappa shape index (κ1) is 14.3. The van der Waals surface area contributed by atoms with Crippen molar-refractivity contribution in [3.8, 4) is 6.07 Å². The third-order valence-corrected chi connectivity index (χ3v) is 3.34. The van der Waals surface area contributed by atoms with Crippen molar-refractivity contribution in [3.05, 3.63) is 61.6 Å². The maximum absolute atomic E-state index is 11.0. The van der Waals surface area contributed by atoms with E-state index in [1.165, 1.54) is 12.1 Å². The van der Waals surface area contributed by atoms with Gasteiger partial charge in [0.25, 0.3) is 0 Å². The molecule has 0 unspecified atom stereocenters. The Labute approximate surface area is 128 Å². The Kier molecular flexibility index (Phi) is 4.23. The van der Waals surface area contributed by atoms with Crippen molar-refractivity contribution >= 4 is 44.6 Å². The predicted molar refractivity (Wildman–Crippen MR) is 80.2 cm³/mol. The highest BCUT2D eigenvalue weighted by molar-refractivity contribution is 9.10. The predicted octanol–water partition coefficient (Wildman–Crippen LogP) is 4.63. The lowest BCUT2D eigenvalue weighted by molar-refractivity contribution is -0.383. The van der Waals surface area contributed by atoms with Crippen LogP contribution in [-0.4, -0.2) is 4.92 Å². The summed E-state index contributed by atoms with van der Waals surface area (Å²) in [6.45, 7) is 0. The van der Waals surface area contributed by atoms with E-state index in [0.29, 0.717) is 11.3 Å². The summed E-state index contributed by atoms with van der Waals surface area (Å²) in [6.07, 6.45) is 0. The first-order valence-electron chi connectivity index (χ1n) is 5.42. The highest BCUT2D eigenvalue weighted by atomic mass is 79.9. The summed E-state index contributed by atoms with van der Waals surface area (Å²) in [4.78, 5) is 10.5. The molecule has 0 atom stereocenters. The Morgan fingerprint density at radius 3 is 2.70 bits per heavy atom. The van der Waals surface area contributed by atoms with Crippen LogP contribution in [0.5, 0.6) is 0 Å². The molecule has 5 nitrogen and oxygen atoms in total. The third-order valence-electron chi connectivity index (χ3n) is 2.54. The quantitative estimate of drug-likeness (QED) is 0.645. The average molecular weight is 353 g/mol. The van der Waals surface area contributed by atoms with Crippen LogP contribution in [0.25, 0.3) is 0 Å². The zero-order valence-electron chi connectivity index (χ0n) is 9.93. The summed E-state index contributed by atoms with van der Waals surface area (Å²) >= 11 is 9.10. The van der Waals surface area contributed by atoms with Gasteiger partial charge >= 0.3 is 5.69 Å². The molecular weight excluding hydrogens is 346 g/mol. The van der Waals surface area contributed by atoms with Crippen LogP contribution in [0.4, 0.5) is 17.1 Å². The number of anilines is 2. The second-order valence-electron chi connectivity index (χ2n) is 3.82. The largest absolute Gasteiger partial charge is 0.349 e. The standard InChI is InChI=1S/C13H7BrClN3O2/c14-9-4-5-11(8(6-9)7-16)17-12-3-1-2-10(15)13(12)18(19)20/h1-6,17H. The molecule has 0 saturated carbocycles. The molecule has 0 spiro atoms. The summed E-state index contributed by atoms with van der Waals surface area (Å²) in [7, 11) is 0. The molecular formula is C13H7BrClN3O2. The van der Waals surface area contributed by atoms with Gasteiger partial charge in [-0.1, -0.05) is 33.6 Å². The Morgan fingerprint density at radius 1 is 1.30 bits per heavy atom. The summed E-state index contributed by atoms with van der Waals surface area (Å²) in [5, 5.41) is 23.0. The molecule has 0 bridgehead atoms. The lowest BCUT2D eigenvalue weighted by atomic mass is 10.2. The topological polar surface area (TPSA) is 79.0 Å². The summed E-state index contributed by atoms with van der Waals surface area (Å²) in [6, 6.07) is 11.6. The molecule has 100 valence electrons. The number of halogens is 2. The van der Waals surface area contributed by atoms with Gasteiger partial charge in [-0.15, -0.1) is 0 Å². The number of nitrogens with zero attached hydrogens (tertiary/aromatic N) is 2. The lowest BCUT2D eigenvalue weighted by Crippen LogP contribution is -1.99. The zero-order chi connectivity index (χ0) is 14.7. The minimum absolute atomic E-state index is 0.0376. The number of benzene rings is 2. The van der Waals surface area contributed by atoms with E-state index in [2.05, 4.69) is 21.2 Å². The molecule has 0 aliphatic carbocycles. The number of nitriles is 1. The van der Waals surface area contributed by atoms with E-state index in [1.807, 2.05) is 6.07 Å². The molecule has 2 aromatic rings. The molecule has 0 aromatic heterocycles. The summed E-state index contributed by atoms with van der Waals surface area (Å²) in [5.41, 5.74) is 0.858. The van der Waals surface area contributed by atoms with E-state index in [-0.39, 0.29) is 16.4 Å². The van der Waals surface area contributed by atoms with Crippen LogP contribution in [0.15, 0.2) is 40.9 Å². The van der Waals surface area contributed by atoms with Crippen LogP contribution < -0.4 is 5.32 Å². The van der Waals surface area contributed by atoms with E-state index in [1.54, 1.807) is 24.3 Å². The Balaban J connectivity index is 2.49. The fraction of sp³-hybridized carbons (Fsp3) is 0. The van der Waals surface area contributed by atoms with Gasteiger partial charge in [-0.3, -0.25) is 10.1 Å². The molecule has 0 heterocycles. The third kappa shape index (κ3) is 2.90. The Hall–Kier alpha value is -2.10. The van der Waals surface area contributed by atoms with Gasteiger partial charge in [0.2, 0.25) is 0 Å². The summed E-state index contributed by atoms with van der Waals surface area (Å²) in [5.74, 6) is 0. The van der Waals surface area contributed by atoms with Crippen LogP contribution in [-0.2, 0) is 0 Å². The molecule has 2 rings (SSSR count). The van der Waals surface area contributed by atoms with Gasteiger partial charge in [0.15, 0.2) is 0 Å². The van der Waals surface area contributed by atoms with Crippen LogP contribution in [0.2, 0.25) is 5.02 Å². The fourth-order valence-electron chi connectivity index (χ4n) is 1.66. The molecule has 7 heteroatoms.